The van der Waals surface area contributed by atoms with E-state index in [4.69, 9.17) is 4.74 Å². The maximum atomic E-state index is 13.1. The topological polar surface area (TPSA) is 41.6 Å². The van der Waals surface area contributed by atoms with Crippen molar-refractivity contribution in [3.05, 3.63) is 60.2 Å². The molecule has 2 aliphatic rings. The molecule has 4 rings (SSSR count). The highest BCUT2D eigenvalue weighted by atomic mass is 16.5. The number of nitrogens with one attached hydrogen (secondary N) is 1. The van der Waals surface area contributed by atoms with E-state index in [0.29, 0.717) is 23.4 Å². The molecule has 0 spiro atoms. The Hall–Kier alpha value is -2.33. The first-order chi connectivity index (χ1) is 11.8. The van der Waals surface area contributed by atoms with Gasteiger partial charge in [0.05, 0.1) is 5.56 Å². The molecule has 2 unspecified atom stereocenters. The second kappa shape index (κ2) is 6.65. The van der Waals surface area contributed by atoms with Gasteiger partial charge in [-0.05, 0) is 43.5 Å². The normalized spacial score (nSPS) is 22.9. The van der Waals surface area contributed by atoms with Crippen molar-refractivity contribution in [1.82, 2.24) is 10.2 Å². The molecule has 2 fully saturated rings. The molecule has 1 amide bonds. The maximum absolute atomic E-state index is 13.1. The smallest absolute Gasteiger partial charge is 0.257 e. The van der Waals surface area contributed by atoms with Gasteiger partial charge in [0.15, 0.2) is 0 Å². The second-order valence-electron chi connectivity index (χ2n) is 6.59. The number of ether oxygens (including phenoxy) is 1. The summed E-state index contributed by atoms with van der Waals surface area (Å²) in [5.74, 6) is 1.43. The molecule has 2 aromatic rings. The molecule has 0 aromatic heterocycles. The Kier molecular flexibility index (Phi) is 4.22. The fourth-order valence-electron chi connectivity index (χ4n) is 3.65. The summed E-state index contributed by atoms with van der Waals surface area (Å²) < 4.78 is 5.95. The Morgan fingerprint density at radius 2 is 1.71 bits per heavy atom. The average Bonchev–Trinajstić information content (AvgIpc) is 2.95. The molecular formula is C20H22N2O2. The van der Waals surface area contributed by atoms with Gasteiger partial charge in [-0.25, -0.2) is 0 Å². The van der Waals surface area contributed by atoms with Gasteiger partial charge < -0.3 is 15.0 Å². The Morgan fingerprint density at radius 1 is 0.958 bits per heavy atom. The third kappa shape index (κ3) is 3.15. The van der Waals surface area contributed by atoms with Crippen LogP contribution >= 0.6 is 0 Å². The summed E-state index contributed by atoms with van der Waals surface area (Å²) >= 11 is 0. The highest BCUT2D eigenvalue weighted by molar-refractivity contribution is 5.97. The van der Waals surface area contributed by atoms with E-state index in [-0.39, 0.29) is 5.91 Å². The third-order valence-electron chi connectivity index (χ3n) is 4.90. The van der Waals surface area contributed by atoms with Crippen molar-refractivity contribution in [2.24, 2.45) is 0 Å². The van der Waals surface area contributed by atoms with Gasteiger partial charge in [-0.3, -0.25) is 4.79 Å². The molecular weight excluding hydrogens is 300 g/mol. The lowest BCUT2D eigenvalue weighted by molar-refractivity contribution is 0.0745. The van der Waals surface area contributed by atoms with Gasteiger partial charge >= 0.3 is 0 Å². The summed E-state index contributed by atoms with van der Waals surface area (Å²) in [4.78, 5) is 15.0. The zero-order valence-corrected chi connectivity index (χ0v) is 13.7. The number of rotatable bonds is 3. The van der Waals surface area contributed by atoms with Gasteiger partial charge in [0.25, 0.3) is 5.91 Å². The largest absolute Gasteiger partial charge is 0.457 e. The van der Waals surface area contributed by atoms with Crippen LogP contribution in [0.2, 0.25) is 0 Å². The molecule has 0 saturated carbocycles. The maximum Gasteiger partial charge on any atom is 0.257 e. The van der Waals surface area contributed by atoms with Gasteiger partial charge in [-0.15, -0.1) is 0 Å². The van der Waals surface area contributed by atoms with Crippen molar-refractivity contribution < 1.29 is 9.53 Å². The number of para-hydroxylation sites is 2. The van der Waals surface area contributed by atoms with Crippen LogP contribution in [0.5, 0.6) is 11.5 Å². The van der Waals surface area contributed by atoms with Gasteiger partial charge in [-0.2, -0.15) is 0 Å². The van der Waals surface area contributed by atoms with Crippen LogP contribution in [-0.4, -0.2) is 36.0 Å². The van der Waals surface area contributed by atoms with Crippen molar-refractivity contribution in [2.75, 3.05) is 13.1 Å². The molecule has 1 N–H and O–H groups in total. The van der Waals surface area contributed by atoms with Crippen molar-refractivity contribution in [1.29, 1.82) is 0 Å². The quantitative estimate of drug-likeness (QED) is 0.941. The van der Waals surface area contributed by atoms with E-state index < -0.39 is 0 Å². The molecule has 24 heavy (non-hydrogen) atoms. The fourth-order valence-corrected chi connectivity index (χ4v) is 3.65. The van der Waals surface area contributed by atoms with Crippen LogP contribution in [0.15, 0.2) is 54.6 Å². The predicted molar refractivity (Wildman–Crippen MR) is 93.4 cm³/mol. The van der Waals surface area contributed by atoms with Crippen LogP contribution in [-0.2, 0) is 0 Å². The molecule has 4 heteroatoms. The second-order valence-corrected chi connectivity index (χ2v) is 6.59. The minimum Gasteiger partial charge on any atom is -0.457 e. The van der Waals surface area contributed by atoms with Crippen LogP contribution in [0.1, 0.15) is 29.6 Å². The first-order valence-electron chi connectivity index (χ1n) is 8.67. The number of amides is 1. The fraction of sp³-hybridized carbons (Fsp3) is 0.350. The Morgan fingerprint density at radius 3 is 2.58 bits per heavy atom. The Labute approximate surface area is 142 Å². The summed E-state index contributed by atoms with van der Waals surface area (Å²) in [5, 5.41) is 3.62. The van der Waals surface area contributed by atoms with Crippen molar-refractivity contribution in [2.45, 2.75) is 31.3 Å². The van der Waals surface area contributed by atoms with Crippen molar-refractivity contribution in [3.8, 4) is 11.5 Å². The SMILES string of the molecule is O=C(c1ccccc1Oc1ccccc1)N1CCC2CCC(C1)N2. The van der Waals surface area contributed by atoms with Gasteiger partial charge in [0, 0.05) is 25.2 Å². The first kappa shape index (κ1) is 15.2. The molecule has 2 aromatic carbocycles. The van der Waals surface area contributed by atoms with E-state index in [0.717, 1.165) is 31.7 Å². The number of fused-ring (bicyclic) bond motifs is 2. The Balaban J connectivity index is 1.56. The lowest BCUT2D eigenvalue weighted by atomic mass is 10.1. The highest BCUT2D eigenvalue weighted by Gasteiger charge is 2.32. The predicted octanol–water partition coefficient (Wildman–Crippen LogP) is 3.45. The van der Waals surface area contributed by atoms with Crippen LogP contribution < -0.4 is 10.1 Å². The standard InChI is InChI=1S/C20H22N2O2/c23-20(22-13-12-15-10-11-16(14-22)21-15)18-8-4-5-9-19(18)24-17-6-2-1-3-7-17/h1-9,15-16,21H,10-14H2. The summed E-state index contributed by atoms with van der Waals surface area (Å²) in [6.45, 7) is 1.60. The van der Waals surface area contributed by atoms with E-state index in [2.05, 4.69) is 5.32 Å². The minimum atomic E-state index is 0.0656. The molecule has 4 nitrogen and oxygen atoms in total. The van der Waals surface area contributed by atoms with E-state index in [9.17, 15) is 4.79 Å². The zero-order valence-electron chi connectivity index (χ0n) is 13.7. The molecule has 2 aliphatic heterocycles. The number of carbonyl (C=O) groups is 1. The van der Waals surface area contributed by atoms with E-state index in [1.54, 1.807) is 0 Å². The number of likely N-dealkylation sites (tertiary alicyclic amines) is 1. The minimum absolute atomic E-state index is 0.0656. The summed E-state index contributed by atoms with van der Waals surface area (Å²) in [7, 11) is 0. The van der Waals surface area contributed by atoms with E-state index in [1.807, 2.05) is 59.5 Å². The molecule has 2 heterocycles. The first-order valence-corrected chi connectivity index (χ1v) is 8.67. The van der Waals surface area contributed by atoms with Crippen molar-refractivity contribution >= 4 is 5.91 Å². The molecule has 0 radical (unpaired) electrons. The molecule has 0 aliphatic carbocycles. The average molecular weight is 322 g/mol. The van der Waals surface area contributed by atoms with Gasteiger partial charge in [0.1, 0.15) is 11.5 Å². The van der Waals surface area contributed by atoms with Crippen molar-refractivity contribution in [3.63, 3.8) is 0 Å². The summed E-state index contributed by atoms with van der Waals surface area (Å²) in [6, 6.07) is 18.1. The van der Waals surface area contributed by atoms with Crippen LogP contribution in [0.25, 0.3) is 0 Å². The van der Waals surface area contributed by atoms with Crippen LogP contribution in [0.3, 0.4) is 0 Å². The molecule has 2 atom stereocenters. The molecule has 2 saturated heterocycles. The molecule has 124 valence electrons. The van der Waals surface area contributed by atoms with Crippen LogP contribution in [0.4, 0.5) is 0 Å². The lowest BCUT2D eigenvalue weighted by Gasteiger charge is -2.25. The number of nitrogens with zero attached hydrogens (tertiary/aromatic N) is 1. The van der Waals surface area contributed by atoms with Gasteiger partial charge in [0.2, 0.25) is 0 Å². The number of hydrogen-bond acceptors (Lipinski definition) is 3. The molecule has 2 bridgehead atoms. The third-order valence-corrected chi connectivity index (χ3v) is 4.90. The summed E-state index contributed by atoms with van der Waals surface area (Å²) in [6.07, 6.45) is 3.43. The monoisotopic (exact) mass is 322 g/mol. The van der Waals surface area contributed by atoms with E-state index in [1.165, 1.54) is 6.42 Å². The highest BCUT2D eigenvalue weighted by Crippen LogP contribution is 2.28. The number of carbonyl (C=O) groups excluding carboxylic acids is 1. The Bertz CT molecular complexity index is 717. The van der Waals surface area contributed by atoms with Crippen LogP contribution in [0, 0.1) is 0 Å². The van der Waals surface area contributed by atoms with E-state index >= 15 is 0 Å². The summed E-state index contributed by atoms with van der Waals surface area (Å²) in [5.41, 5.74) is 0.638. The van der Waals surface area contributed by atoms with Gasteiger partial charge in [-0.1, -0.05) is 30.3 Å². The number of hydrogen-bond donors (Lipinski definition) is 1. The lowest BCUT2D eigenvalue weighted by Crippen LogP contribution is -2.39. The number of benzene rings is 2. The zero-order chi connectivity index (χ0) is 16.4.